The van der Waals surface area contributed by atoms with Crippen molar-refractivity contribution >= 4 is 56.0 Å². The molecule has 1 saturated carbocycles. The third-order valence-corrected chi connectivity index (χ3v) is 11.9. The number of piperazine rings is 1. The minimum atomic E-state index is -3.94. The van der Waals surface area contributed by atoms with Crippen LogP contribution in [0.3, 0.4) is 0 Å². The fourth-order valence-electron chi connectivity index (χ4n) is 6.36. The zero-order valence-electron chi connectivity index (χ0n) is 28.4. The highest BCUT2D eigenvalue weighted by Gasteiger charge is 2.36. The van der Waals surface area contributed by atoms with Crippen LogP contribution in [-0.2, 0) is 32.7 Å². The Bertz CT molecular complexity index is 2080. The molecule has 2 N–H and O–H groups in total. The predicted octanol–water partition coefficient (Wildman–Crippen LogP) is 5.30. The standard InChI is InChI=1S/C36H39N7O6S2/c1-3-37-51(47,48)28-19-26(18-27-20-41(34(45)32(27)28)15-14-24-12-13-24)33-23(2)38-35(50-33)40-29-10-7-11-30(39-29)43-17-16-42(21-31(43)44)36(46)49-22-25-8-5-4-6-9-25/h4-11,18-19,24,37H,3,12-17,20-22H2,1-2H3,(H,38,39,40). The van der Waals surface area contributed by atoms with Gasteiger partial charge in [0.25, 0.3) is 5.91 Å². The number of hydrogen-bond acceptors (Lipinski definition) is 10. The number of rotatable bonds is 12. The number of aromatic nitrogens is 2. The number of carbonyl (C=O) groups is 3. The molecule has 2 aliphatic heterocycles. The Morgan fingerprint density at radius 1 is 1.02 bits per heavy atom. The van der Waals surface area contributed by atoms with E-state index >= 15 is 0 Å². The molecule has 0 unspecified atom stereocenters. The Morgan fingerprint density at radius 2 is 1.82 bits per heavy atom. The molecule has 0 spiro atoms. The third kappa shape index (κ3) is 7.60. The summed E-state index contributed by atoms with van der Waals surface area (Å²) in [6.45, 7) is 5.28. The van der Waals surface area contributed by atoms with Gasteiger partial charge in [0, 0.05) is 32.7 Å². The van der Waals surface area contributed by atoms with Gasteiger partial charge in [0.05, 0.1) is 21.0 Å². The van der Waals surface area contributed by atoms with Crippen LogP contribution in [0.1, 0.15) is 53.4 Å². The van der Waals surface area contributed by atoms with E-state index in [1.807, 2.05) is 43.3 Å². The van der Waals surface area contributed by atoms with Gasteiger partial charge in [0.15, 0.2) is 5.13 Å². The van der Waals surface area contributed by atoms with Crippen molar-refractivity contribution in [1.29, 1.82) is 0 Å². The maximum Gasteiger partial charge on any atom is 0.410 e. The number of ether oxygens (including phenoxy) is 1. The highest BCUT2D eigenvalue weighted by Crippen LogP contribution is 2.40. The predicted molar refractivity (Wildman–Crippen MR) is 193 cm³/mol. The Morgan fingerprint density at radius 3 is 2.57 bits per heavy atom. The summed E-state index contributed by atoms with van der Waals surface area (Å²) in [5.41, 5.74) is 3.15. The minimum absolute atomic E-state index is 0.0123. The van der Waals surface area contributed by atoms with Crippen molar-refractivity contribution in [3.8, 4) is 10.4 Å². The average Bonchev–Trinajstić information content (AvgIpc) is 3.80. The lowest BCUT2D eigenvalue weighted by Gasteiger charge is -2.33. The second kappa shape index (κ2) is 14.4. The van der Waals surface area contributed by atoms with Gasteiger partial charge in [0.1, 0.15) is 24.8 Å². The number of sulfonamides is 1. The molecule has 7 rings (SSSR count). The lowest BCUT2D eigenvalue weighted by molar-refractivity contribution is -0.121. The van der Waals surface area contributed by atoms with E-state index in [9.17, 15) is 22.8 Å². The van der Waals surface area contributed by atoms with Crippen LogP contribution in [-0.4, -0.2) is 78.8 Å². The second-order valence-corrected chi connectivity index (χ2v) is 15.6. The summed E-state index contributed by atoms with van der Waals surface area (Å²) >= 11 is 1.34. The lowest BCUT2D eigenvalue weighted by Crippen LogP contribution is -2.52. The van der Waals surface area contributed by atoms with Crippen LogP contribution in [0.5, 0.6) is 0 Å². The average molecular weight is 730 g/mol. The van der Waals surface area contributed by atoms with Crippen molar-refractivity contribution in [3.05, 3.63) is 83.0 Å². The maximum absolute atomic E-state index is 13.5. The van der Waals surface area contributed by atoms with Crippen molar-refractivity contribution in [2.45, 2.75) is 51.2 Å². The molecule has 51 heavy (non-hydrogen) atoms. The van der Waals surface area contributed by atoms with Gasteiger partial charge in [-0.25, -0.2) is 27.9 Å². The van der Waals surface area contributed by atoms with Crippen LogP contribution in [0, 0.1) is 12.8 Å². The molecule has 15 heteroatoms. The molecular weight excluding hydrogens is 691 g/mol. The molecule has 4 aromatic rings. The lowest BCUT2D eigenvalue weighted by atomic mass is 10.0. The molecule has 3 aliphatic rings. The summed E-state index contributed by atoms with van der Waals surface area (Å²) in [5, 5.41) is 3.76. The molecule has 3 amide bonds. The van der Waals surface area contributed by atoms with E-state index in [-0.39, 0.29) is 48.5 Å². The van der Waals surface area contributed by atoms with Crippen LogP contribution in [0.4, 0.5) is 21.6 Å². The van der Waals surface area contributed by atoms with Crippen molar-refractivity contribution in [3.63, 3.8) is 0 Å². The second-order valence-electron chi connectivity index (χ2n) is 12.9. The first-order valence-corrected chi connectivity index (χ1v) is 19.3. The topological polar surface area (TPSA) is 154 Å². The molecule has 4 heterocycles. The number of aryl methyl sites for hydroxylation is 1. The van der Waals surface area contributed by atoms with Crippen molar-refractivity contribution in [1.82, 2.24) is 24.5 Å². The molecule has 0 atom stereocenters. The zero-order chi connectivity index (χ0) is 35.7. The Kier molecular flexibility index (Phi) is 9.77. The van der Waals surface area contributed by atoms with E-state index in [1.54, 1.807) is 36.1 Å². The molecule has 13 nitrogen and oxygen atoms in total. The minimum Gasteiger partial charge on any atom is -0.445 e. The number of nitrogens with zero attached hydrogens (tertiary/aromatic N) is 5. The number of carbonyl (C=O) groups excluding carboxylic acids is 3. The smallest absolute Gasteiger partial charge is 0.410 e. The number of anilines is 3. The maximum atomic E-state index is 13.5. The van der Waals surface area contributed by atoms with Crippen LogP contribution in [0.25, 0.3) is 10.4 Å². The number of fused-ring (bicyclic) bond motifs is 1. The number of hydrogen-bond donors (Lipinski definition) is 2. The summed E-state index contributed by atoms with van der Waals surface area (Å²) in [5.74, 6) is 1.02. The third-order valence-electron chi connectivity index (χ3n) is 9.16. The molecule has 1 saturated heterocycles. The van der Waals surface area contributed by atoms with Gasteiger partial charge >= 0.3 is 6.09 Å². The van der Waals surface area contributed by atoms with Gasteiger partial charge < -0.3 is 15.0 Å². The van der Waals surface area contributed by atoms with E-state index in [2.05, 4.69) is 15.0 Å². The molecule has 1 aliphatic carbocycles. The molecule has 2 aromatic heterocycles. The van der Waals surface area contributed by atoms with Gasteiger partial charge in [-0.1, -0.05) is 67.5 Å². The summed E-state index contributed by atoms with van der Waals surface area (Å²) in [6, 6.07) is 18.1. The van der Waals surface area contributed by atoms with E-state index in [0.29, 0.717) is 59.1 Å². The monoisotopic (exact) mass is 729 g/mol. The normalized spacial score (nSPS) is 16.1. The molecule has 0 radical (unpaired) electrons. The van der Waals surface area contributed by atoms with Gasteiger partial charge in [0.2, 0.25) is 15.9 Å². The Hall–Kier alpha value is -4.86. The zero-order valence-corrected chi connectivity index (χ0v) is 30.1. The van der Waals surface area contributed by atoms with E-state index in [0.717, 1.165) is 16.9 Å². The molecule has 266 valence electrons. The van der Waals surface area contributed by atoms with Crippen LogP contribution in [0.2, 0.25) is 0 Å². The molecule has 0 bridgehead atoms. The van der Waals surface area contributed by atoms with Crippen LogP contribution >= 0.6 is 11.3 Å². The van der Waals surface area contributed by atoms with Crippen LogP contribution in [0.15, 0.2) is 65.6 Å². The molecular formula is C36H39N7O6S2. The van der Waals surface area contributed by atoms with Gasteiger partial charge in [-0.3, -0.25) is 19.4 Å². The molecule has 2 aromatic carbocycles. The number of thiazole rings is 1. The van der Waals surface area contributed by atoms with E-state index < -0.39 is 16.1 Å². The fraction of sp³-hybridized carbons (Fsp3) is 0.361. The number of nitrogens with one attached hydrogen (secondary N) is 2. The Labute approximate surface area is 300 Å². The quantitative estimate of drug-likeness (QED) is 0.198. The van der Waals surface area contributed by atoms with Gasteiger partial charge in [-0.2, -0.15) is 0 Å². The number of benzene rings is 2. The SMILES string of the molecule is CCNS(=O)(=O)c1cc(-c2sc(Nc3cccc(N4CCN(C(=O)OCc5ccccc5)CC4=O)n3)nc2C)cc2c1C(=O)N(CCC1CC1)C2. The summed E-state index contributed by atoms with van der Waals surface area (Å²) in [4.78, 5) is 54.0. The highest BCUT2D eigenvalue weighted by molar-refractivity contribution is 7.89. The van der Waals surface area contributed by atoms with Crippen molar-refractivity contribution in [2.75, 3.05) is 42.9 Å². The van der Waals surface area contributed by atoms with E-state index in [4.69, 9.17) is 9.72 Å². The summed E-state index contributed by atoms with van der Waals surface area (Å²) in [7, 11) is -3.94. The Balaban J connectivity index is 1.06. The van der Waals surface area contributed by atoms with Gasteiger partial charge in [-0.05, 0) is 60.2 Å². The largest absolute Gasteiger partial charge is 0.445 e. The fourth-order valence-corrected chi connectivity index (χ4v) is 8.63. The van der Waals surface area contributed by atoms with Crippen molar-refractivity contribution in [2.24, 2.45) is 5.92 Å². The van der Waals surface area contributed by atoms with E-state index in [1.165, 1.54) is 34.0 Å². The first-order chi connectivity index (χ1) is 24.6. The highest BCUT2D eigenvalue weighted by atomic mass is 32.2. The first kappa shape index (κ1) is 34.6. The first-order valence-electron chi connectivity index (χ1n) is 17.0. The number of pyridine rings is 1. The van der Waals surface area contributed by atoms with Gasteiger partial charge in [-0.15, -0.1) is 0 Å². The summed E-state index contributed by atoms with van der Waals surface area (Å²) < 4.78 is 34.7. The molecule has 2 fully saturated rings. The van der Waals surface area contributed by atoms with Crippen LogP contribution < -0.4 is 14.9 Å². The number of amides is 3. The van der Waals surface area contributed by atoms with Crippen molar-refractivity contribution < 1.29 is 27.5 Å². The summed E-state index contributed by atoms with van der Waals surface area (Å²) in [6.07, 6.45) is 2.75.